The van der Waals surface area contributed by atoms with Crippen molar-refractivity contribution < 1.29 is 4.79 Å². The number of nitrogens with zero attached hydrogens (tertiary/aromatic N) is 2. The Morgan fingerprint density at radius 1 is 1.35 bits per heavy atom. The third-order valence-corrected chi connectivity index (χ3v) is 4.15. The first-order valence-electron chi connectivity index (χ1n) is 7.76. The molecule has 1 fully saturated rings. The molecule has 8 nitrogen and oxygen atoms in total. The lowest BCUT2D eigenvalue weighted by atomic mass is 10.0. The monoisotopic (exact) mass is 317 g/mol. The minimum Gasteiger partial charge on any atom is -0.349 e. The summed E-state index contributed by atoms with van der Waals surface area (Å²) >= 11 is 0. The van der Waals surface area contributed by atoms with Crippen molar-refractivity contribution in [2.45, 2.75) is 38.1 Å². The molecular weight excluding hydrogens is 298 g/mol. The summed E-state index contributed by atoms with van der Waals surface area (Å²) in [5.41, 5.74) is 0.499. The number of hydrogen-bond acceptors (Lipinski definition) is 4. The maximum absolute atomic E-state index is 12.1. The fourth-order valence-electron chi connectivity index (χ4n) is 2.89. The van der Waals surface area contributed by atoms with Crippen LogP contribution in [0.25, 0.3) is 0 Å². The third-order valence-electron chi connectivity index (χ3n) is 4.15. The van der Waals surface area contributed by atoms with Crippen LogP contribution in [0.1, 0.15) is 47.8 Å². The summed E-state index contributed by atoms with van der Waals surface area (Å²) in [5.74, 6) is 0.00871. The van der Waals surface area contributed by atoms with Crippen molar-refractivity contribution in [1.82, 2.24) is 24.8 Å². The fraction of sp³-hybridized carbons (Fsp3) is 0.467. The molecule has 1 aliphatic rings. The van der Waals surface area contributed by atoms with Crippen LogP contribution in [0, 0.1) is 0 Å². The van der Waals surface area contributed by atoms with Crippen LogP contribution >= 0.6 is 0 Å². The first-order valence-corrected chi connectivity index (χ1v) is 7.76. The molecular formula is C15H19N5O3. The lowest BCUT2D eigenvalue weighted by molar-refractivity contribution is 0.0947. The molecule has 1 amide bonds. The number of H-pyrrole nitrogens is 2. The number of imidazole rings is 1. The molecule has 0 radical (unpaired) electrons. The maximum Gasteiger partial charge on any atom is 0.323 e. The molecule has 0 bridgehead atoms. The second-order valence-corrected chi connectivity index (χ2v) is 5.74. The van der Waals surface area contributed by atoms with Gasteiger partial charge in [0, 0.05) is 31.3 Å². The standard InChI is InChI=1S/C15H19N5O3/c21-13-7-11(10-3-1-2-4-10)18-9-20(13)6-5-16-14(22)12-8-17-15(23)19-12/h7-10H,1-6H2,(H,16,22)(H2,17,19,23). The molecule has 3 rings (SSSR count). The highest BCUT2D eigenvalue weighted by Gasteiger charge is 2.18. The molecule has 0 aliphatic heterocycles. The van der Waals surface area contributed by atoms with Gasteiger partial charge in [-0.2, -0.15) is 0 Å². The Kier molecular flexibility index (Phi) is 4.40. The van der Waals surface area contributed by atoms with Gasteiger partial charge in [0.25, 0.3) is 11.5 Å². The van der Waals surface area contributed by atoms with Crippen LogP contribution in [0.3, 0.4) is 0 Å². The molecule has 0 unspecified atom stereocenters. The zero-order valence-electron chi connectivity index (χ0n) is 12.7. The van der Waals surface area contributed by atoms with E-state index in [2.05, 4.69) is 20.3 Å². The number of nitrogens with one attached hydrogen (secondary N) is 3. The molecule has 1 saturated carbocycles. The van der Waals surface area contributed by atoms with Gasteiger partial charge in [0.2, 0.25) is 0 Å². The summed E-state index contributed by atoms with van der Waals surface area (Å²) in [6.45, 7) is 0.605. The van der Waals surface area contributed by atoms with E-state index in [1.165, 1.54) is 23.6 Å². The quantitative estimate of drug-likeness (QED) is 0.738. The van der Waals surface area contributed by atoms with E-state index >= 15 is 0 Å². The highest BCUT2D eigenvalue weighted by atomic mass is 16.2. The summed E-state index contributed by atoms with van der Waals surface area (Å²) in [4.78, 5) is 43.9. The van der Waals surface area contributed by atoms with Gasteiger partial charge in [0.15, 0.2) is 0 Å². The molecule has 2 aromatic heterocycles. The summed E-state index contributed by atoms with van der Waals surface area (Å²) in [7, 11) is 0. The van der Waals surface area contributed by atoms with Crippen LogP contribution in [-0.4, -0.2) is 32.0 Å². The van der Waals surface area contributed by atoms with Gasteiger partial charge < -0.3 is 15.3 Å². The molecule has 1 aliphatic carbocycles. The van der Waals surface area contributed by atoms with Gasteiger partial charge in [0.05, 0.1) is 12.0 Å². The van der Waals surface area contributed by atoms with Crippen LogP contribution in [-0.2, 0) is 6.54 Å². The van der Waals surface area contributed by atoms with Crippen molar-refractivity contribution in [3.8, 4) is 0 Å². The van der Waals surface area contributed by atoms with E-state index in [0.29, 0.717) is 12.5 Å². The SMILES string of the molecule is O=C(NCCn1cnc(C2CCCC2)cc1=O)c1c[nH]c(=O)[nH]1. The Hall–Kier alpha value is -2.64. The summed E-state index contributed by atoms with van der Waals surface area (Å²) < 4.78 is 1.47. The second-order valence-electron chi connectivity index (χ2n) is 5.74. The Morgan fingerprint density at radius 2 is 2.13 bits per heavy atom. The highest BCUT2D eigenvalue weighted by Crippen LogP contribution is 2.32. The third kappa shape index (κ3) is 3.58. The summed E-state index contributed by atoms with van der Waals surface area (Å²) in [6, 6.07) is 1.60. The smallest absolute Gasteiger partial charge is 0.323 e. The molecule has 2 aromatic rings. The zero-order valence-corrected chi connectivity index (χ0v) is 12.7. The van der Waals surface area contributed by atoms with Crippen LogP contribution < -0.4 is 16.6 Å². The number of carbonyl (C=O) groups excluding carboxylic acids is 1. The largest absolute Gasteiger partial charge is 0.349 e. The summed E-state index contributed by atoms with van der Waals surface area (Å²) in [5, 5.41) is 2.64. The number of hydrogen-bond donors (Lipinski definition) is 3. The van der Waals surface area contributed by atoms with Crippen molar-refractivity contribution in [3.05, 3.63) is 50.8 Å². The van der Waals surface area contributed by atoms with Gasteiger partial charge in [0.1, 0.15) is 5.69 Å². The maximum atomic E-state index is 12.1. The lowest BCUT2D eigenvalue weighted by Gasteiger charge is -2.10. The minimum absolute atomic E-state index is 0.105. The molecule has 122 valence electrons. The van der Waals surface area contributed by atoms with Crippen LogP contribution in [0.5, 0.6) is 0 Å². The first-order chi connectivity index (χ1) is 11.1. The Labute approximate surface area is 132 Å². The number of carbonyl (C=O) groups is 1. The minimum atomic E-state index is -0.432. The van der Waals surface area contributed by atoms with Crippen molar-refractivity contribution in [2.24, 2.45) is 0 Å². The van der Waals surface area contributed by atoms with Crippen molar-refractivity contribution >= 4 is 5.91 Å². The molecule has 0 saturated heterocycles. The van der Waals surface area contributed by atoms with E-state index in [-0.39, 0.29) is 17.8 Å². The molecule has 0 spiro atoms. The first kappa shape index (κ1) is 15.3. The lowest BCUT2D eigenvalue weighted by Crippen LogP contribution is -2.31. The van der Waals surface area contributed by atoms with Crippen LogP contribution in [0.2, 0.25) is 0 Å². The number of aromatic nitrogens is 4. The average Bonchev–Trinajstić information content (AvgIpc) is 3.20. The van der Waals surface area contributed by atoms with Gasteiger partial charge in [-0.1, -0.05) is 12.8 Å². The van der Waals surface area contributed by atoms with Crippen LogP contribution in [0.4, 0.5) is 0 Å². The van der Waals surface area contributed by atoms with Crippen LogP contribution in [0.15, 0.2) is 28.2 Å². The highest BCUT2D eigenvalue weighted by molar-refractivity contribution is 5.91. The van der Waals surface area contributed by atoms with E-state index in [1.807, 2.05) is 0 Å². The predicted octanol–water partition coefficient (Wildman–Crippen LogP) is 0.347. The van der Waals surface area contributed by atoms with Gasteiger partial charge in [-0.15, -0.1) is 0 Å². The Balaban J connectivity index is 1.57. The fourth-order valence-corrected chi connectivity index (χ4v) is 2.89. The number of rotatable bonds is 5. The van der Waals surface area contributed by atoms with Gasteiger partial charge in [-0.3, -0.25) is 14.2 Å². The van der Waals surface area contributed by atoms with Crippen molar-refractivity contribution in [3.63, 3.8) is 0 Å². The van der Waals surface area contributed by atoms with Gasteiger partial charge in [-0.05, 0) is 12.8 Å². The van der Waals surface area contributed by atoms with E-state index in [9.17, 15) is 14.4 Å². The molecule has 0 atom stereocenters. The Morgan fingerprint density at radius 3 is 2.78 bits per heavy atom. The number of aromatic amines is 2. The number of amides is 1. The van der Waals surface area contributed by atoms with E-state index in [0.717, 1.165) is 18.5 Å². The predicted molar refractivity (Wildman–Crippen MR) is 83.5 cm³/mol. The second kappa shape index (κ2) is 6.64. The zero-order chi connectivity index (χ0) is 16.2. The molecule has 2 heterocycles. The van der Waals surface area contributed by atoms with E-state index in [1.54, 1.807) is 12.4 Å². The topological polar surface area (TPSA) is 113 Å². The van der Waals surface area contributed by atoms with Gasteiger partial charge in [-0.25, -0.2) is 9.78 Å². The van der Waals surface area contributed by atoms with E-state index in [4.69, 9.17) is 0 Å². The summed E-state index contributed by atoms with van der Waals surface area (Å²) in [6.07, 6.45) is 7.44. The molecule has 0 aromatic carbocycles. The Bertz CT molecular complexity index is 798. The normalized spacial score (nSPS) is 15.0. The average molecular weight is 317 g/mol. The molecule has 8 heteroatoms. The van der Waals surface area contributed by atoms with Gasteiger partial charge >= 0.3 is 5.69 Å². The van der Waals surface area contributed by atoms with Crippen molar-refractivity contribution in [1.29, 1.82) is 0 Å². The molecule has 23 heavy (non-hydrogen) atoms. The van der Waals surface area contributed by atoms with Crippen molar-refractivity contribution in [2.75, 3.05) is 6.54 Å². The van der Waals surface area contributed by atoms with E-state index < -0.39 is 11.6 Å². The molecule has 3 N–H and O–H groups in total.